The van der Waals surface area contributed by atoms with E-state index < -0.39 is 0 Å². The van der Waals surface area contributed by atoms with E-state index in [1.807, 2.05) is 0 Å². The van der Waals surface area contributed by atoms with Gasteiger partial charge in [0.1, 0.15) is 0 Å². The average Bonchev–Trinajstić information content (AvgIpc) is 2.86. The summed E-state index contributed by atoms with van der Waals surface area (Å²) in [5, 5.41) is 0. The number of carbonyl (C=O) groups is 1. The third kappa shape index (κ3) is 2.22. The van der Waals surface area contributed by atoms with E-state index in [0.717, 1.165) is 37.8 Å². The summed E-state index contributed by atoms with van der Waals surface area (Å²) in [4.78, 5) is 17.0. The summed E-state index contributed by atoms with van der Waals surface area (Å²) < 4.78 is 0. The van der Waals surface area contributed by atoms with E-state index in [9.17, 15) is 4.79 Å². The molecular weight excluding hydrogens is 212 g/mol. The fourth-order valence-corrected chi connectivity index (χ4v) is 4.02. The minimum atomic E-state index is 0.361. The molecule has 3 fully saturated rings. The first-order chi connectivity index (χ1) is 8.24. The molecular formula is C14H24N2O. The Morgan fingerprint density at radius 3 is 2.12 bits per heavy atom. The summed E-state index contributed by atoms with van der Waals surface area (Å²) in [6.45, 7) is 4.45. The molecule has 3 heteroatoms. The van der Waals surface area contributed by atoms with Crippen molar-refractivity contribution in [2.75, 3.05) is 33.2 Å². The van der Waals surface area contributed by atoms with Gasteiger partial charge < -0.3 is 9.80 Å². The highest BCUT2D eigenvalue weighted by Gasteiger charge is 2.41. The smallest absolute Gasteiger partial charge is 0.225 e. The lowest BCUT2D eigenvalue weighted by atomic mass is 9.88. The van der Waals surface area contributed by atoms with Crippen LogP contribution < -0.4 is 0 Å². The van der Waals surface area contributed by atoms with Gasteiger partial charge in [0.25, 0.3) is 0 Å². The molecule has 0 aromatic heterocycles. The van der Waals surface area contributed by atoms with Crippen LogP contribution in [0.25, 0.3) is 0 Å². The van der Waals surface area contributed by atoms with Gasteiger partial charge in [0, 0.05) is 32.1 Å². The van der Waals surface area contributed by atoms with Crippen molar-refractivity contribution in [3.05, 3.63) is 0 Å². The van der Waals surface area contributed by atoms with Gasteiger partial charge in [-0.3, -0.25) is 4.79 Å². The van der Waals surface area contributed by atoms with Gasteiger partial charge in [0.15, 0.2) is 0 Å². The van der Waals surface area contributed by atoms with E-state index in [2.05, 4.69) is 16.8 Å². The molecule has 17 heavy (non-hydrogen) atoms. The first kappa shape index (κ1) is 11.5. The van der Waals surface area contributed by atoms with Gasteiger partial charge in [-0.1, -0.05) is 19.3 Å². The molecule has 1 aliphatic carbocycles. The van der Waals surface area contributed by atoms with Crippen LogP contribution in [0.2, 0.25) is 0 Å². The second kappa shape index (κ2) is 4.60. The van der Waals surface area contributed by atoms with E-state index in [1.54, 1.807) is 0 Å². The van der Waals surface area contributed by atoms with Crippen molar-refractivity contribution in [2.45, 2.75) is 32.1 Å². The van der Waals surface area contributed by atoms with Gasteiger partial charge in [-0.05, 0) is 31.7 Å². The number of rotatable bonds is 1. The zero-order chi connectivity index (χ0) is 11.8. The topological polar surface area (TPSA) is 23.6 Å². The molecule has 2 unspecified atom stereocenters. The average molecular weight is 236 g/mol. The van der Waals surface area contributed by atoms with Gasteiger partial charge in [-0.15, -0.1) is 0 Å². The van der Waals surface area contributed by atoms with Crippen molar-refractivity contribution in [3.63, 3.8) is 0 Å². The predicted molar refractivity (Wildman–Crippen MR) is 67.6 cm³/mol. The number of carbonyl (C=O) groups excluding carboxylic acids is 1. The first-order valence-corrected chi connectivity index (χ1v) is 7.21. The molecule has 0 aromatic carbocycles. The highest BCUT2D eigenvalue weighted by atomic mass is 16.2. The van der Waals surface area contributed by atoms with Crippen LogP contribution >= 0.6 is 0 Å². The number of hydrogen-bond donors (Lipinski definition) is 0. The van der Waals surface area contributed by atoms with Gasteiger partial charge in [0.2, 0.25) is 5.91 Å². The standard InChI is InChI=1S/C14H24N2O/c1-15-7-12-9-16(10-13(12)8-15)14(17)11-5-3-2-4-6-11/h11-13H,2-10H2,1H3. The van der Waals surface area contributed by atoms with E-state index in [1.165, 1.54) is 32.4 Å². The van der Waals surface area contributed by atoms with Gasteiger partial charge in [0.05, 0.1) is 0 Å². The first-order valence-electron chi connectivity index (χ1n) is 7.21. The summed E-state index contributed by atoms with van der Waals surface area (Å²) in [6, 6.07) is 0. The Labute approximate surface area is 104 Å². The number of fused-ring (bicyclic) bond motifs is 1. The van der Waals surface area contributed by atoms with Gasteiger partial charge in [-0.25, -0.2) is 0 Å². The lowest BCUT2D eigenvalue weighted by Crippen LogP contribution is -2.37. The van der Waals surface area contributed by atoms with Crippen molar-refractivity contribution in [2.24, 2.45) is 17.8 Å². The number of likely N-dealkylation sites (tertiary alicyclic amines) is 2. The Kier molecular flexibility index (Phi) is 3.12. The normalized spacial score (nSPS) is 35.2. The van der Waals surface area contributed by atoms with Gasteiger partial charge >= 0.3 is 0 Å². The molecule has 2 aliphatic heterocycles. The van der Waals surface area contributed by atoms with Crippen LogP contribution in [0.15, 0.2) is 0 Å². The number of hydrogen-bond acceptors (Lipinski definition) is 2. The van der Waals surface area contributed by atoms with Crippen LogP contribution in [0, 0.1) is 17.8 Å². The quantitative estimate of drug-likeness (QED) is 0.690. The van der Waals surface area contributed by atoms with E-state index in [-0.39, 0.29) is 0 Å². The monoisotopic (exact) mass is 236 g/mol. The molecule has 2 atom stereocenters. The second-order valence-electron chi connectivity index (χ2n) is 6.32. The molecule has 2 saturated heterocycles. The summed E-state index contributed by atoms with van der Waals surface area (Å²) in [5.41, 5.74) is 0. The summed E-state index contributed by atoms with van der Waals surface area (Å²) >= 11 is 0. The molecule has 0 radical (unpaired) electrons. The molecule has 1 amide bonds. The number of nitrogens with zero attached hydrogens (tertiary/aromatic N) is 2. The third-order valence-corrected chi connectivity index (χ3v) is 4.93. The second-order valence-corrected chi connectivity index (χ2v) is 6.32. The van der Waals surface area contributed by atoms with Crippen molar-refractivity contribution >= 4 is 5.91 Å². The largest absolute Gasteiger partial charge is 0.342 e. The van der Waals surface area contributed by atoms with Crippen molar-refractivity contribution < 1.29 is 4.79 Å². The zero-order valence-corrected chi connectivity index (χ0v) is 10.9. The summed E-state index contributed by atoms with van der Waals surface area (Å²) in [5.74, 6) is 2.35. The fourth-order valence-electron chi connectivity index (χ4n) is 4.02. The van der Waals surface area contributed by atoms with Crippen LogP contribution in [0.3, 0.4) is 0 Å². The maximum Gasteiger partial charge on any atom is 0.225 e. The third-order valence-electron chi connectivity index (χ3n) is 4.93. The van der Waals surface area contributed by atoms with Crippen LogP contribution in [-0.2, 0) is 4.79 Å². The molecule has 96 valence electrons. The summed E-state index contributed by atoms with van der Waals surface area (Å²) in [7, 11) is 2.20. The minimum Gasteiger partial charge on any atom is -0.342 e. The molecule has 3 rings (SSSR count). The molecule has 0 spiro atoms. The minimum absolute atomic E-state index is 0.361. The zero-order valence-electron chi connectivity index (χ0n) is 10.9. The van der Waals surface area contributed by atoms with E-state index in [4.69, 9.17) is 0 Å². The summed E-state index contributed by atoms with van der Waals surface area (Å²) in [6.07, 6.45) is 6.15. The SMILES string of the molecule is CN1CC2CN(C(=O)C3CCCCC3)CC2C1. The lowest BCUT2D eigenvalue weighted by Gasteiger charge is -2.27. The van der Waals surface area contributed by atoms with Gasteiger partial charge in [-0.2, -0.15) is 0 Å². The van der Waals surface area contributed by atoms with Crippen molar-refractivity contribution in [1.29, 1.82) is 0 Å². The van der Waals surface area contributed by atoms with E-state index in [0.29, 0.717) is 11.8 Å². The van der Waals surface area contributed by atoms with Crippen LogP contribution in [0.5, 0.6) is 0 Å². The Bertz CT molecular complexity index is 285. The molecule has 0 aromatic rings. The maximum atomic E-state index is 12.4. The molecule has 3 nitrogen and oxygen atoms in total. The van der Waals surface area contributed by atoms with Crippen LogP contribution in [-0.4, -0.2) is 48.9 Å². The lowest BCUT2D eigenvalue weighted by molar-refractivity contribution is -0.135. The van der Waals surface area contributed by atoms with Crippen LogP contribution in [0.1, 0.15) is 32.1 Å². The maximum absolute atomic E-state index is 12.4. The Morgan fingerprint density at radius 1 is 0.941 bits per heavy atom. The Morgan fingerprint density at radius 2 is 1.53 bits per heavy atom. The molecule has 3 aliphatic rings. The molecule has 1 saturated carbocycles. The number of amides is 1. The molecule has 0 N–H and O–H groups in total. The molecule has 2 heterocycles. The van der Waals surface area contributed by atoms with Crippen molar-refractivity contribution in [3.8, 4) is 0 Å². The highest BCUT2D eigenvalue weighted by Crippen LogP contribution is 2.33. The highest BCUT2D eigenvalue weighted by molar-refractivity contribution is 5.79. The van der Waals surface area contributed by atoms with Crippen LogP contribution in [0.4, 0.5) is 0 Å². The van der Waals surface area contributed by atoms with Crippen molar-refractivity contribution in [1.82, 2.24) is 9.80 Å². The Hall–Kier alpha value is -0.570. The predicted octanol–water partition coefficient (Wildman–Crippen LogP) is 1.59. The fraction of sp³-hybridized carbons (Fsp3) is 0.929. The Balaban J connectivity index is 1.57. The molecule has 0 bridgehead atoms. The van der Waals surface area contributed by atoms with E-state index >= 15 is 0 Å².